The molecule has 3 heterocycles. The monoisotopic (exact) mass is 351 g/mol. The van der Waals surface area contributed by atoms with E-state index < -0.39 is 0 Å². The number of hydrogen-bond acceptors (Lipinski definition) is 5. The minimum absolute atomic E-state index is 0.138. The molecule has 0 aliphatic carbocycles. The lowest BCUT2D eigenvalue weighted by atomic mass is 10.1. The molecule has 134 valence electrons. The number of amides is 1. The Bertz CT molecular complexity index is 915. The molecule has 1 atom stereocenters. The zero-order valence-electron chi connectivity index (χ0n) is 14.8. The minimum atomic E-state index is -0.147. The van der Waals surface area contributed by atoms with Crippen molar-refractivity contribution in [2.24, 2.45) is 7.05 Å². The van der Waals surface area contributed by atoms with Crippen LogP contribution in [0.3, 0.4) is 0 Å². The highest BCUT2D eigenvalue weighted by Crippen LogP contribution is 2.27. The average molecular weight is 351 g/mol. The molecular formula is C19H21N5O2. The molecule has 1 aliphatic heterocycles. The summed E-state index contributed by atoms with van der Waals surface area (Å²) in [5.41, 5.74) is 1.46. The van der Waals surface area contributed by atoms with E-state index >= 15 is 0 Å². The highest BCUT2D eigenvalue weighted by molar-refractivity contribution is 5.93. The Morgan fingerprint density at radius 3 is 2.85 bits per heavy atom. The van der Waals surface area contributed by atoms with Crippen LogP contribution in [-0.4, -0.2) is 45.0 Å². The van der Waals surface area contributed by atoms with Crippen molar-refractivity contribution in [3.05, 3.63) is 60.0 Å². The van der Waals surface area contributed by atoms with Gasteiger partial charge in [0.25, 0.3) is 5.91 Å². The molecule has 2 aromatic heterocycles. The Morgan fingerprint density at radius 2 is 2.12 bits per heavy atom. The smallest absolute Gasteiger partial charge is 0.292 e. The highest BCUT2D eigenvalue weighted by atomic mass is 16.4. The van der Waals surface area contributed by atoms with Gasteiger partial charge < -0.3 is 19.2 Å². The number of oxazole rings is 1. The SMILES string of the molecule is Cc1nc(-c2ccccc2)oc1C(=O)N1CCNCC1c1nccn1C. The molecule has 1 saturated heterocycles. The maximum absolute atomic E-state index is 13.2. The van der Waals surface area contributed by atoms with E-state index in [-0.39, 0.29) is 11.9 Å². The van der Waals surface area contributed by atoms with Crippen LogP contribution in [-0.2, 0) is 7.05 Å². The zero-order chi connectivity index (χ0) is 18.1. The van der Waals surface area contributed by atoms with Gasteiger partial charge in [-0.05, 0) is 19.1 Å². The molecule has 4 rings (SSSR count). The number of nitrogens with zero attached hydrogens (tertiary/aromatic N) is 4. The van der Waals surface area contributed by atoms with Gasteiger partial charge in [-0.15, -0.1) is 0 Å². The summed E-state index contributed by atoms with van der Waals surface area (Å²) in [5.74, 6) is 1.47. The van der Waals surface area contributed by atoms with Gasteiger partial charge in [-0.2, -0.15) is 0 Å². The summed E-state index contributed by atoms with van der Waals surface area (Å²) in [4.78, 5) is 23.9. The van der Waals surface area contributed by atoms with Gasteiger partial charge in [0.15, 0.2) is 0 Å². The quantitative estimate of drug-likeness (QED) is 0.783. The van der Waals surface area contributed by atoms with E-state index in [9.17, 15) is 4.79 Å². The van der Waals surface area contributed by atoms with Crippen LogP contribution in [0.25, 0.3) is 11.5 Å². The second-order valence-corrected chi connectivity index (χ2v) is 6.41. The predicted octanol–water partition coefficient (Wildman–Crippen LogP) is 2.17. The fourth-order valence-corrected chi connectivity index (χ4v) is 3.31. The lowest BCUT2D eigenvalue weighted by Crippen LogP contribution is -2.49. The molecule has 1 fully saturated rings. The molecule has 1 unspecified atom stereocenters. The Balaban J connectivity index is 1.66. The maximum Gasteiger partial charge on any atom is 0.292 e. The summed E-state index contributed by atoms with van der Waals surface area (Å²) >= 11 is 0. The fourth-order valence-electron chi connectivity index (χ4n) is 3.31. The summed E-state index contributed by atoms with van der Waals surface area (Å²) in [5, 5.41) is 3.34. The molecule has 7 heteroatoms. The molecule has 0 saturated carbocycles. The number of nitrogens with one attached hydrogen (secondary N) is 1. The second-order valence-electron chi connectivity index (χ2n) is 6.41. The topological polar surface area (TPSA) is 76.2 Å². The first-order chi connectivity index (χ1) is 12.6. The lowest BCUT2D eigenvalue weighted by Gasteiger charge is -2.35. The average Bonchev–Trinajstić information content (AvgIpc) is 3.27. The Morgan fingerprint density at radius 1 is 1.31 bits per heavy atom. The highest BCUT2D eigenvalue weighted by Gasteiger charge is 2.33. The number of benzene rings is 1. The number of aromatic nitrogens is 3. The molecular weight excluding hydrogens is 330 g/mol. The summed E-state index contributed by atoms with van der Waals surface area (Å²) in [7, 11) is 1.94. The van der Waals surface area contributed by atoms with Gasteiger partial charge in [0.1, 0.15) is 11.9 Å². The van der Waals surface area contributed by atoms with Crippen molar-refractivity contribution >= 4 is 5.91 Å². The van der Waals surface area contributed by atoms with Crippen molar-refractivity contribution in [2.45, 2.75) is 13.0 Å². The van der Waals surface area contributed by atoms with Crippen LogP contribution in [0.1, 0.15) is 28.1 Å². The van der Waals surface area contributed by atoms with Crippen LogP contribution in [0.15, 0.2) is 47.1 Å². The molecule has 3 aromatic rings. The van der Waals surface area contributed by atoms with Crippen molar-refractivity contribution < 1.29 is 9.21 Å². The van der Waals surface area contributed by atoms with E-state index in [1.54, 1.807) is 13.1 Å². The van der Waals surface area contributed by atoms with Crippen LogP contribution in [0.4, 0.5) is 0 Å². The predicted molar refractivity (Wildman–Crippen MR) is 96.5 cm³/mol. The van der Waals surface area contributed by atoms with Gasteiger partial charge in [0, 0.05) is 44.6 Å². The van der Waals surface area contributed by atoms with E-state index in [0.717, 1.165) is 17.9 Å². The number of carbonyl (C=O) groups is 1. The molecule has 0 bridgehead atoms. The zero-order valence-corrected chi connectivity index (χ0v) is 14.8. The van der Waals surface area contributed by atoms with E-state index in [1.165, 1.54) is 0 Å². The van der Waals surface area contributed by atoms with Crippen molar-refractivity contribution in [2.75, 3.05) is 19.6 Å². The standard InChI is InChI=1S/C19H21N5O2/c1-13-16(26-18(22-13)14-6-4-3-5-7-14)19(25)24-11-8-20-12-15(24)17-21-9-10-23(17)2/h3-7,9-10,15,20H,8,11-12H2,1-2H3. The first-order valence-corrected chi connectivity index (χ1v) is 8.67. The summed E-state index contributed by atoms with van der Waals surface area (Å²) < 4.78 is 7.81. The van der Waals surface area contributed by atoms with Gasteiger partial charge in [0.2, 0.25) is 11.7 Å². The Labute approximate surface area is 151 Å². The van der Waals surface area contributed by atoms with Crippen molar-refractivity contribution in [1.82, 2.24) is 24.8 Å². The van der Waals surface area contributed by atoms with Gasteiger partial charge >= 0.3 is 0 Å². The molecule has 26 heavy (non-hydrogen) atoms. The number of imidazole rings is 1. The normalized spacial score (nSPS) is 17.5. The second kappa shape index (κ2) is 6.76. The minimum Gasteiger partial charge on any atom is -0.431 e. The maximum atomic E-state index is 13.2. The number of hydrogen-bond donors (Lipinski definition) is 1. The van der Waals surface area contributed by atoms with Gasteiger partial charge in [-0.3, -0.25) is 4.79 Å². The number of aryl methyl sites for hydroxylation is 2. The summed E-state index contributed by atoms with van der Waals surface area (Å²) in [6.07, 6.45) is 3.64. The van der Waals surface area contributed by atoms with Crippen LogP contribution >= 0.6 is 0 Å². The van der Waals surface area contributed by atoms with Crippen LogP contribution in [0.5, 0.6) is 0 Å². The third-order valence-corrected chi connectivity index (χ3v) is 4.67. The molecule has 1 aliphatic rings. The van der Waals surface area contributed by atoms with E-state index in [1.807, 2.05) is 53.0 Å². The van der Waals surface area contributed by atoms with Gasteiger partial charge in [0.05, 0.1) is 5.69 Å². The molecule has 1 amide bonds. The number of carbonyl (C=O) groups excluding carboxylic acids is 1. The van der Waals surface area contributed by atoms with Crippen molar-refractivity contribution in [3.63, 3.8) is 0 Å². The largest absolute Gasteiger partial charge is 0.431 e. The third kappa shape index (κ3) is 2.90. The molecule has 1 aromatic carbocycles. The van der Waals surface area contributed by atoms with E-state index in [0.29, 0.717) is 30.4 Å². The number of piperazine rings is 1. The molecule has 1 N–H and O–H groups in total. The van der Waals surface area contributed by atoms with Crippen molar-refractivity contribution in [3.8, 4) is 11.5 Å². The Hall–Kier alpha value is -2.93. The molecule has 0 spiro atoms. The Kier molecular flexibility index (Phi) is 4.30. The lowest BCUT2D eigenvalue weighted by molar-refractivity contribution is 0.0588. The summed E-state index contributed by atoms with van der Waals surface area (Å²) in [6, 6.07) is 9.47. The van der Waals surface area contributed by atoms with Crippen LogP contribution in [0.2, 0.25) is 0 Å². The third-order valence-electron chi connectivity index (χ3n) is 4.67. The van der Waals surface area contributed by atoms with Crippen molar-refractivity contribution in [1.29, 1.82) is 0 Å². The first kappa shape index (κ1) is 16.5. The van der Waals surface area contributed by atoms with Gasteiger partial charge in [-0.1, -0.05) is 18.2 Å². The van der Waals surface area contributed by atoms with Crippen LogP contribution < -0.4 is 5.32 Å². The molecule has 7 nitrogen and oxygen atoms in total. The molecule has 0 radical (unpaired) electrons. The van der Waals surface area contributed by atoms with E-state index in [4.69, 9.17) is 4.42 Å². The summed E-state index contributed by atoms with van der Waals surface area (Å²) in [6.45, 7) is 3.80. The van der Waals surface area contributed by atoms with Gasteiger partial charge in [-0.25, -0.2) is 9.97 Å². The number of rotatable bonds is 3. The van der Waals surface area contributed by atoms with Crippen LogP contribution in [0, 0.1) is 6.92 Å². The first-order valence-electron chi connectivity index (χ1n) is 8.67. The van der Waals surface area contributed by atoms with E-state index in [2.05, 4.69) is 15.3 Å². The fraction of sp³-hybridized carbons (Fsp3) is 0.316.